The molecule has 3 fully saturated rings. The van der Waals surface area contributed by atoms with Crippen LogP contribution in [-0.4, -0.2) is 146 Å². The Hall–Kier alpha value is -1.30. The van der Waals surface area contributed by atoms with Crippen molar-refractivity contribution in [3.05, 3.63) is 0 Å². The van der Waals surface area contributed by atoms with E-state index < -0.39 is 108 Å². The summed E-state index contributed by atoms with van der Waals surface area (Å²) in [6, 6.07) is -0.337. The highest BCUT2D eigenvalue weighted by Crippen LogP contribution is 2.40. The second-order valence-electron chi connectivity index (χ2n) is 16.3. The monoisotopic (exact) mass is 719 g/mol. The van der Waals surface area contributed by atoms with E-state index in [0.29, 0.717) is 6.42 Å². The first-order valence-electron chi connectivity index (χ1n) is 18.1. The van der Waals surface area contributed by atoms with Gasteiger partial charge in [0.2, 0.25) is 0 Å². The standard InChI is InChI=1S/C36H65NO13/c1-13-24-36(10,45)29(40)19(4)26(38)17(2)15-35(9,44)31(50-33-27(39)23(37(11)12)14-18(3)46-33)20(5)28(21(6)32(42)48-24)49-25-16-34(8,43)30(41)22(7)47-25/h17-25,27-31,33,39-41,43-45H,13-16H2,1-12H3/t17-,18-,19+,20-,21-,22+,23+,24-,25+,27-,28+,29+,30+,31-,33+,34-,35-,36-/m1/s1. The van der Waals surface area contributed by atoms with Crippen LogP contribution in [0.1, 0.15) is 94.9 Å². The van der Waals surface area contributed by atoms with E-state index in [1.807, 2.05) is 25.9 Å². The Bertz CT molecular complexity index is 1150. The number of rotatable bonds is 6. The molecule has 0 aliphatic carbocycles. The maximum absolute atomic E-state index is 14.0. The average molecular weight is 720 g/mol. The lowest BCUT2D eigenvalue weighted by Gasteiger charge is -2.48. The van der Waals surface area contributed by atoms with Crippen LogP contribution >= 0.6 is 0 Å². The fraction of sp³-hybridized carbons (Fsp3) is 0.944. The Balaban J connectivity index is 2.17. The van der Waals surface area contributed by atoms with Crippen LogP contribution in [0.5, 0.6) is 0 Å². The number of ketones is 1. The molecule has 0 unspecified atom stereocenters. The van der Waals surface area contributed by atoms with Crippen molar-refractivity contribution in [1.29, 1.82) is 0 Å². The van der Waals surface area contributed by atoms with E-state index in [-0.39, 0.29) is 31.4 Å². The van der Waals surface area contributed by atoms with Crippen molar-refractivity contribution < 1.29 is 63.9 Å². The van der Waals surface area contributed by atoms with Crippen LogP contribution in [0.4, 0.5) is 0 Å². The van der Waals surface area contributed by atoms with Gasteiger partial charge in [-0.25, -0.2) is 0 Å². The molecule has 0 bridgehead atoms. The van der Waals surface area contributed by atoms with Gasteiger partial charge < -0.3 is 59.2 Å². The summed E-state index contributed by atoms with van der Waals surface area (Å²) in [6.07, 6.45) is -10.7. The number of carbonyl (C=O) groups excluding carboxylic acids is 2. The highest BCUT2D eigenvalue weighted by atomic mass is 16.7. The van der Waals surface area contributed by atoms with Crippen molar-refractivity contribution in [1.82, 2.24) is 4.90 Å². The highest BCUT2D eigenvalue weighted by Gasteiger charge is 2.53. The van der Waals surface area contributed by atoms with E-state index in [2.05, 4.69) is 0 Å². The number of ether oxygens (including phenoxy) is 5. The Kier molecular flexibility index (Phi) is 14.1. The molecule has 0 aromatic heterocycles. The predicted molar refractivity (Wildman–Crippen MR) is 181 cm³/mol. The molecule has 0 aromatic rings. The minimum Gasteiger partial charge on any atom is -0.459 e. The van der Waals surface area contributed by atoms with Crippen molar-refractivity contribution in [3.8, 4) is 0 Å². The number of aliphatic hydroxyl groups excluding tert-OH is 3. The van der Waals surface area contributed by atoms with Crippen molar-refractivity contribution in [2.24, 2.45) is 23.7 Å². The molecule has 3 saturated heterocycles. The van der Waals surface area contributed by atoms with E-state index in [0.717, 1.165) is 0 Å². The predicted octanol–water partition coefficient (Wildman–Crippen LogP) is 1.13. The molecule has 3 rings (SSSR count). The molecule has 14 nitrogen and oxygen atoms in total. The SMILES string of the molecule is CC[C@H]1OC(=O)[C@H](C)[C@@H](O[C@H]2C[C@@](C)(O)[C@@H](O)[C@H](C)O2)[C@@H](C)[C@@H](O[C@@H]2O[C@H](C)C[C@H](N(C)C)[C@H]2O)[C@](C)(O)C[C@@H](C)C(=O)[C@H](C)[C@H](O)[C@]1(C)O. The largest absolute Gasteiger partial charge is 0.459 e. The molecule has 14 heteroatoms. The van der Waals surface area contributed by atoms with Crippen LogP contribution in [0.2, 0.25) is 0 Å². The van der Waals surface area contributed by atoms with Crippen LogP contribution in [-0.2, 0) is 33.3 Å². The number of carbonyl (C=O) groups is 2. The Morgan fingerprint density at radius 3 is 1.98 bits per heavy atom. The number of Topliss-reactive ketones (excluding diaryl/α,β-unsaturated/α-hetero) is 1. The van der Waals surface area contributed by atoms with Gasteiger partial charge in [-0.2, -0.15) is 0 Å². The van der Waals surface area contributed by atoms with E-state index in [4.69, 9.17) is 23.7 Å². The first-order valence-corrected chi connectivity index (χ1v) is 18.1. The summed E-state index contributed by atoms with van der Waals surface area (Å²) in [5, 5.41) is 68.1. The van der Waals surface area contributed by atoms with Crippen molar-refractivity contribution in [3.63, 3.8) is 0 Å². The molecular formula is C36H65NO13. The van der Waals surface area contributed by atoms with Gasteiger partial charge in [0, 0.05) is 30.2 Å². The smallest absolute Gasteiger partial charge is 0.311 e. The Morgan fingerprint density at radius 2 is 1.44 bits per heavy atom. The molecule has 0 radical (unpaired) electrons. The quantitative estimate of drug-likeness (QED) is 0.213. The zero-order valence-electron chi connectivity index (χ0n) is 32.0. The topological polar surface area (TPSA) is 205 Å². The number of likely N-dealkylation sites (N-methyl/N-ethyl adjacent to an activating group) is 1. The highest BCUT2D eigenvalue weighted by molar-refractivity contribution is 5.83. The second-order valence-corrected chi connectivity index (χ2v) is 16.3. The lowest BCUT2D eigenvalue weighted by atomic mass is 9.74. The summed E-state index contributed by atoms with van der Waals surface area (Å²) >= 11 is 0. The van der Waals surface area contributed by atoms with E-state index in [1.165, 1.54) is 27.7 Å². The van der Waals surface area contributed by atoms with Gasteiger partial charge in [0.25, 0.3) is 0 Å². The lowest BCUT2D eigenvalue weighted by Crippen LogP contribution is -2.61. The molecule has 0 amide bonds. The lowest BCUT2D eigenvalue weighted by molar-refractivity contribution is -0.316. The van der Waals surface area contributed by atoms with Crippen LogP contribution < -0.4 is 0 Å². The molecule has 292 valence electrons. The molecule has 0 spiro atoms. The number of aliphatic hydroxyl groups is 6. The summed E-state index contributed by atoms with van der Waals surface area (Å²) in [4.78, 5) is 29.6. The maximum Gasteiger partial charge on any atom is 0.311 e. The van der Waals surface area contributed by atoms with Gasteiger partial charge in [0.05, 0.1) is 47.6 Å². The number of hydrogen-bond acceptors (Lipinski definition) is 14. The van der Waals surface area contributed by atoms with Crippen molar-refractivity contribution in [2.75, 3.05) is 14.1 Å². The molecule has 3 heterocycles. The second kappa shape index (κ2) is 16.4. The van der Waals surface area contributed by atoms with Gasteiger partial charge in [-0.05, 0) is 74.9 Å². The number of esters is 1. The Morgan fingerprint density at radius 1 is 0.840 bits per heavy atom. The number of cyclic esters (lactones) is 1. The zero-order valence-corrected chi connectivity index (χ0v) is 32.0. The minimum absolute atomic E-state index is 0.118. The first-order chi connectivity index (χ1) is 22.9. The van der Waals surface area contributed by atoms with Crippen LogP contribution in [0.25, 0.3) is 0 Å². The molecule has 3 aliphatic heterocycles. The van der Waals surface area contributed by atoms with Gasteiger partial charge >= 0.3 is 5.97 Å². The van der Waals surface area contributed by atoms with Crippen LogP contribution in [0, 0.1) is 23.7 Å². The van der Waals surface area contributed by atoms with Gasteiger partial charge in [-0.15, -0.1) is 0 Å². The van der Waals surface area contributed by atoms with Crippen LogP contribution in [0.15, 0.2) is 0 Å². The van der Waals surface area contributed by atoms with Gasteiger partial charge in [0.1, 0.15) is 29.7 Å². The maximum atomic E-state index is 14.0. The van der Waals surface area contributed by atoms with E-state index >= 15 is 0 Å². The summed E-state index contributed by atoms with van der Waals surface area (Å²) < 4.78 is 31.0. The minimum atomic E-state index is -2.01. The van der Waals surface area contributed by atoms with E-state index in [1.54, 1.807) is 34.6 Å². The molecular weight excluding hydrogens is 654 g/mol. The number of nitrogens with zero attached hydrogens (tertiary/aromatic N) is 1. The summed E-state index contributed by atoms with van der Waals surface area (Å²) in [7, 11) is 3.67. The normalized spacial score (nSPS) is 50.5. The molecule has 50 heavy (non-hydrogen) atoms. The van der Waals surface area contributed by atoms with Gasteiger partial charge in [0.15, 0.2) is 12.6 Å². The van der Waals surface area contributed by atoms with Gasteiger partial charge in [-0.1, -0.05) is 27.7 Å². The Labute approximate surface area is 297 Å². The fourth-order valence-electron chi connectivity index (χ4n) is 8.22. The third-order valence-corrected chi connectivity index (χ3v) is 11.4. The molecule has 0 aromatic carbocycles. The third-order valence-electron chi connectivity index (χ3n) is 11.4. The van der Waals surface area contributed by atoms with Crippen molar-refractivity contribution >= 4 is 11.8 Å². The average Bonchev–Trinajstić information content (AvgIpc) is 3.01. The molecule has 3 aliphatic rings. The van der Waals surface area contributed by atoms with E-state index in [9.17, 15) is 40.2 Å². The molecule has 18 atom stereocenters. The number of hydrogen-bond donors (Lipinski definition) is 6. The first kappa shape index (κ1) is 43.1. The fourth-order valence-corrected chi connectivity index (χ4v) is 8.22. The van der Waals surface area contributed by atoms with Gasteiger partial charge in [-0.3, -0.25) is 9.59 Å². The summed E-state index contributed by atoms with van der Waals surface area (Å²) in [5.41, 5.74) is -5.42. The molecule has 0 saturated carbocycles. The zero-order chi connectivity index (χ0) is 38.3. The van der Waals surface area contributed by atoms with Crippen molar-refractivity contribution in [2.45, 2.75) is 179 Å². The summed E-state index contributed by atoms with van der Waals surface area (Å²) in [5.74, 6) is -5.14. The van der Waals surface area contributed by atoms with Crippen LogP contribution in [0.3, 0.4) is 0 Å². The molecule has 6 N–H and O–H groups in total. The summed E-state index contributed by atoms with van der Waals surface area (Å²) in [6.45, 7) is 15.8. The third kappa shape index (κ3) is 9.25.